The molecule has 0 fully saturated rings. The third kappa shape index (κ3) is 2.18. The van der Waals surface area contributed by atoms with Gasteiger partial charge >= 0.3 is 0 Å². The minimum atomic E-state index is -0.182. The highest BCUT2D eigenvalue weighted by atomic mass is 16.3. The molecular weight excluding hydrogens is 164 g/mol. The summed E-state index contributed by atoms with van der Waals surface area (Å²) in [7, 11) is 0. The lowest BCUT2D eigenvalue weighted by atomic mass is 10.0. The lowest BCUT2D eigenvalue weighted by molar-refractivity contribution is -0.300. The van der Waals surface area contributed by atoms with Gasteiger partial charge in [-0.25, -0.2) is 0 Å². The summed E-state index contributed by atoms with van der Waals surface area (Å²) in [6.07, 6.45) is 0. The Bertz CT molecular complexity index is 332. The lowest BCUT2D eigenvalue weighted by Gasteiger charge is -2.12. The Morgan fingerprint density at radius 1 is 1.15 bits per heavy atom. The maximum atomic E-state index is 11.1. The van der Waals surface area contributed by atoms with Crippen LogP contribution in [0.2, 0.25) is 0 Å². The fourth-order valence-corrected chi connectivity index (χ4v) is 1.26. The van der Waals surface area contributed by atoms with E-state index in [0.29, 0.717) is 5.56 Å². The standard InChI is InChI=1S/C11H12O2/c1-8(12)11(9(2)13)10-6-4-3-5-7-10/h3-7,12H,1-2H3/p-1/b11-8-. The second kappa shape index (κ2) is 3.90. The molecule has 0 saturated carbocycles. The van der Waals surface area contributed by atoms with E-state index in [2.05, 4.69) is 0 Å². The Hall–Kier alpha value is -1.57. The zero-order valence-corrected chi connectivity index (χ0v) is 7.70. The number of rotatable bonds is 2. The minimum absolute atomic E-state index is 0.182. The fraction of sp³-hybridized carbons (Fsp3) is 0.182. The predicted octanol–water partition coefficient (Wildman–Crippen LogP) is 1.37. The van der Waals surface area contributed by atoms with Crippen molar-refractivity contribution in [1.29, 1.82) is 0 Å². The molecule has 0 unspecified atom stereocenters. The Balaban J connectivity index is 3.20. The van der Waals surface area contributed by atoms with Crippen molar-refractivity contribution in [2.45, 2.75) is 13.8 Å². The predicted molar refractivity (Wildman–Crippen MR) is 49.7 cm³/mol. The van der Waals surface area contributed by atoms with Gasteiger partial charge in [-0.2, -0.15) is 0 Å². The van der Waals surface area contributed by atoms with E-state index in [0.717, 1.165) is 0 Å². The molecule has 1 aromatic rings. The number of benzene rings is 1. The molecule has 0 aliphatic rings. The van der Waals surface area contributed by atoms with Gasteiger partial charge in [-0.1, -0.05) is 37.3 Å². The van der Waals surface area contributed by atoms with Crippen molar-refractivity contribution in [3.63, 3.8) is 0 Å². The van der Waals surface area contributed by atoms with Crippen LogP contribution in [0.15, 0.2) is 36.1 Å². The average molecular weight is 175 g/mol. The van der Waals surface area contributed by atoms with Gasteiger partial charge in [0.1, 0.15) is 0 Å². The summed E-state index contributed by atoms with van der Waals surface area (Å²) in [6.45, 7) is 2.81. The van der Waals surface area contributed by atoms with Crippen LogP contribution >= 0.6 is 0 Å². The van der Waals surface area contributed by atoms with E-state index in [1.165, 1.54) is 13.8 Å². The van der Waals surface area contributed by atoms with Gasteiger partial charge in [0.25, 0.3) is 0 Å². The third-order valence-corrected chi connectivity index (χ3v) is 1.77. The molecule has 2 nitrogen and oxygen atoms in total. The second-order valence-electron chi connectivity index (χ2n) is 2.85. The summed E-state index contributed by atoms with van der Waals surface area (Å²) in [5.74, 6) is -0.364. The summed E-state index contributed by atoms with van der Waals surface area (Å²) >= 11 is 0. The van der Waals surface area contributed by atoms with Crippen molar-refractivity contribution in [1.82, 2.24) is 0 Å². The highest BCUT2D eigenvalue weighted by Crippen LogP contribution is 2.16. The first-order valence-corrected chi connectivity index (χ1v) is 4.07. The van der Waals surface area contributed by atoms with E-state index >= 15 is 0 Å². The number of ketones is 1. The van der Waals surface area contributed by atoms with Gasteiger partial charge in [-0.15, -0.1) is 5.76 Å². The van der Waals surface area contributed by atoms with E-state index in [1.807, 2.05) is 6.07 Å². The molecule has 0 amide bonds. The zero-order chi connectivity index (χ0) is 9.84. The van der Waals surface area contributed by atoms with E-state index in [9.17, 15) is 9.90 Å². The van der Waals surface area contributed by atoms with Crippen molar-refractivity contribution in [3.05, 3.63) is 41.7 Å². The molecule has 0 heterocycles. The van der Waals surface area contributed by atoms with Crippen LogP contribution in [0, 0.1) is 0 Å². The van der Waals surface area contributed by atoms with Gasteiger partial charge in [0.2, 0.25) is 0 Å². The first-order chi connectivity index (χ1) is 6.13. The number of Topliss-reactive ketones (excluding diaryl/α,β-unsaturated/α-hetero) is 1. The largest absolute Gasteiger partial charge is 0.875 e. The van der Waals surface area contributed by atoms with E-state index in [1.54, 1.807) is 24.3 Å². The van der Waals surface area contributed by atoms with Crippen molar-refractivity contribution < 1.29 is 9.90 Å². The Morgan fingerprint density at radius 3 is 2.08 bits per heavy atom. The lowest BCUT2D eigenvalue weighted by Crippen LogP contribution is -2.08. The molecule has 2 heteroatoms. The van der Waals surface area contributed by atoms with Crippen LogP contribution in [0.25, 0.3) is 5.57 Å². The minimum Gasteiger partial charge on any atom is -0.875 e. The van der Waals surface area contributed by atoms with Crippen LogP contribution in [0.1, 0.15) is 19.4 Å². The molecule has 0 N–H and O–H groups in total. The maximum Gasteiger partial charge on any atom is 0.159 e. The fourth-order valence-electron chi connectivity index (χ4n) is 1.26. The van der Waals surface area contributed by atoms with Crippen LogP contribution in [-0.2, 0) is 4.79 Å². The van der Waals surface area contributed by atoms with Crippen molar-refractivity contribution >= 4 is 11.4 Å². The number of allylic oxidation sites excluding steroid dienone is 2. The van der Waals surface area contributed by atoms with Crippen LogP contribution in [-0.4, -0.2) is 5.78 Å². The molecule has 0 saturated heterocycles. The molecule has 0 aliphatic carbocycles. The molecule has 0 atom stereocenters. The van der Waals surface area contributed by atoms with Gasteiger partial charge in [-0.05, 0) is 12.5 Å². The second-order valence-corrected chi connectivity index (χ2v) is 2.85. The third-order valence-electron chi connectivity index (χ3n) is 1.77. The first-order valence-electron chi connectivity index (χ1n) is 4.07. The summed E-state index contributed by atoms with van der Waals surface area (Å²) in [5.41, 5.74) is 0.975. The highest BCUT2D eigenvalue weighted by Gasteiger charge is 2.05. The molecule has 1 aromatic carbocycles. The van der Waals surface area contributed by atoms with Gasteiger partial charge < -0.3 is 5.11 Å². The van der Waals surface area contributed by atoms with Crippen LogP contribution < -0.4 is 5.11 Å². The summed E-state index contributed by atoms with van der Waals surface area (Å²) in [4.78, 5) is 11.1. The first kappa shape index (κ1) is 9.52. The molecule has 1 rings (SSSR count). The number of hydrogen-bond acceptors (Lipinski definition) is 2. The molecule has 0 aromatic heterocycles. The molecule has 13 heavy (non-hydrogen) atoms. The van der Waals surface area contributed by atoms with Crippen LogP contribution in [0.5, 0.6) is 0 Å². The number of carbonyl (C=O) groups excluding carboxylic acids is 1. The average Bonchev–Trinajstić information content (AvgIpc) is 2.04. The number of hydrogen-bond donors (Lipinski definition) is 0. The Labute approximate surface area is 77.5 Å². The van der Waals surface area contributed by atoms with Crippen LogP contribution in [0.4, 0.5) is 0 Å². The topological polar surface area (TPSA) is 40.1 Å². The van der Waals surface area contributed by atoms with Crippen molar-refractivity contribution in [3.8, 4) is 0 Å². The number of carbonyl (C=O) groups is 1. The van der Waals surface area contributed by atoms with Crippen molar-refractivity contribution in [2.75, 3.05) is 0 Å². The Morgan fingerprint density at radius 2 is 1.69 bits per heavy atom. The van der Waals surface area contributed by atoms with Gasteiger partial charge in [0, 0.05) is 5.57 Å². The van der Waals surface area contributed by atoms with Crippen molar-refractivity contribution in [2.24, 2.45) is 0 Å². The Kier molecular flexibility index (Phi) is 2.85. The molecule has 0 radical (unpaired) electrons. The molecule has 68 valence electrons. The zero-order valence-electron chi connectivity index (χ0n) is 7.70. The molecule has 0 bridgehead atoms. The smallest absolute Gasteiger partial charge is 0.159 e. The van der Waals surface area contributed by atoms with Gasteiger partial charge in [0.15, 0.2) is 5.78 Å². The van der Waals surface area contributed by atoms with Gasteiger partial charge in [-0.3, -0.25) is 4.79 Å². The van der Waals surface area contributed by atoms with Gasteiger partial charge in [0.05, 0.1) is 0 Å². The quantitative estimate of drug-likeness (QED) is 0.503. The molecule has 0 aliphatic heterocycles. The monoisotopic (exact) mass is 175 g/mol. The van der Waals surface area contributed by atoms with E-state index in [4.69, 9.17) is 0 Å². The van der Waals surface area contributed by atoms with E-state index in [-0.39, 0.29) is 17.1 Å². The van der Waals surface area contributed by atoms with E-state index < -0.39 is 0 Å². The highest BCUT2D eigenvalue weighted by molar-refractivity contribution is 6.19. The SMILES string of the molecule is CC(=O)/C(=C(\C)[O-])c1ccccc1. The summed E-state index contributed by atoms with van der Waals surface area (Å²) in [6, 6.07) is 8.99. The normalized spacial score (nSPS) is 12.2. The summed E-state index contributed by atoms with van der Waals surface area (Å²) < 4.78 is 0. The maximum absolute atomic E-state index is 11.1. The van der Waals surface area contributed by atoms with Crippen LogP contribution in [0.3, 0.4) is 0 Å². The summed E-state index contributed by atoms with van der Waals surface area (Å²) in [5, 5.41) is 11.1. The molecular formula is C11H11O2-. The molecule has 0 spiro atoms.